The van der Waals surface area contributed by atoms with Gasteiger partial charge in [-0.15, -0.1) is 0 Å². The molecule has 1 fully saturated rings. The number of benzene rings is 2. The summed E-state index contributed by atoms with van der Waals surface area (Å²) in [4.78, 5) is 29.2. The molecule has 1 unspecified atom stereocenters. The van der Waals surface area contributed by atoms with Crippen molar-refractivity contribution in [3.05, 3.63) is 59.4 Å². The molecule has 0 radical (unpaired) electrons. The number of nitrogens with one attached hydrogen (secondary N) is 1. The summed E-state index contributed by atoms with van der Waals surface area (Å²) in [6, 6.07) is 11.9. The average Bonchev–Trinajstić information content (AvgIpc) is 2.71. The number of piperidine rings is 1. The van der Waals surface area contributed by atoms with Crippen LogP contribution in [0.2, 0.25) is 0 Å². The SMILES string of the molecule is Cc1cc(N(C)C)ccc1NC(=O)C1CCCN(C(=O)Cc2ccc(F)cc2)C1. The van der Waals surface area contributed by atoms with E-state index in [0.717, 1.165) is 35.3 Å². The highest BCUT2D eigenvalue weighted by Crippen LogP contribution is 2.24. The van der Waals surface area contributed by atoms with Gasteiger partial charge < -0.3 is 15.1 Å². The van der Waals surface area contributed by atoms with Crippen LogP contribution in [0.1, 0.15) is 24.0 Å². The molecule has 0 saturated carbocycles. The molecule has 1 N–H and O–H groups in total. The zero-order valence-electron chi connectivity index (χ0n) is 17.2. The summed E-state index contributed by atoms with van der Waals surface area (Å²) < 4.78 is 13.0. The van der Waals surface area contributed by atoms with Crippen LogP contribution in [0.5, 0.6) is 0 Å². The topological polar surface area (TPSA) is 52.7 Å². The van der Waals surface area contributed by atoms with Gasteiger partial charge in [0.05, 0.1) is 12.3 Å². The van der Waals surface area contributed by atoms with E-state index in [4.69, 9.17) is 0 Å². The van der Waals surface area contributed by atoms with Gasteiger partial charge in [0.1, 0.15) is 5.82 Å². The molecule has 1 aliphatic rings. The van der Waals surface area contributed by atoms with E-state index in [1.54, 1.807) is 17.0 Å². The van der Waals surface area contributed by atoms with Crippen molar-refractivity contribution in [1.82, 2.24) is 4.90 Å². The van der Waals surface area contributed by atoms with E-state index >= 15 is 0 Å². The maximum Gasteiger partial charge on any atom is 0.229 e. The number of amides is 2. The number of carbonyl (C=O) groups is 2. The number of likely N-dealkylation sites (tertiary alicyclic amines) is 1. The highest BCUT2D eigenvalue weighted by atomic mass is 19.1. The molecule has 1 heterocycles. The smallest absolute Gasteiger partial charge is 0.229 e. The van der Waals surface area contributed by atoms with Gasteiger partial charge in [0.2, 0.25) is 11.8 Å². The van der Waals surface area contributed by atoms with Gasteiger partial charge in [0, 0.05) is 38.6 Å². The zero-order valence-corrected chi connectivity index (χ0v) is 17.2. The molecule has 0 spiro atoms. The van der Waals surface area contributed by atoms with Crippen LogP contribution in [0.25, 0.3) is 0 Å². The third kappa shape index (κ3) is 5.34. The molecular weight excluding hydrogens is 369 g/mol. The molecule has 1 saturated heterocycles. The van der Waals surface area contributed by atoms with Crippen LogP contribution in [0.4, 0.5) is 15.8 Å². The highest BCUT2D eigenvalue weighted by Gasteiger charge is 2.28. The van der Waals surface area contributed by atoms with Crippen molar-refractivity contribution in [3.8, 4) is 0 Å². The van der Waals surface area contributed by atoms with Gasteiger partial charge in [0.15, 0.2) is 0 Å². The summed E-state index contributed by atoms with van der Waals surface area (Å²) in [5.41, 5.74) is 3.66. The minimum atomic E-state index is -0.315. The van der Waals surface area contributed by atoms with Crippen molar-refractivity contribution in [2.45, 2.75) is 26.2 Å². The van der Waals surface area contributed by atoms with Crippen LogP contribution in [0.15, 0.2) is 42.5 Å². The fourth-order valence-corrected chi connectivity index (χ4v) is 3.61. The maximum absolute atomic E-state index is 13.0. The summed E-state index contributed by atoms with van der Waals surface area (Å²) in [6.07, 6.45) is 1.78. The van der Waals surface area contributed by atoms with Gasteiger partial charge in [0.25, 0.3) is 0 Å². The van der Waals surface area contributed by atoms with Crippen LogP contribution < -0.4 is 10.2 Å². The summed E-state index contributed by atoms with van der Waals surface area (Å²) in [6.45, 7) is 3.04. The quantitative estimate of drug-likeness (QED) is 0.838. The molecule has 0 aliphatic carbocycles. The first-order valence-electron chi connectivity index (χ1n) is 9.94. The Morgan fingerprint density at radius 1 is 1.17 bits per heavy atom. The lowest BCUT2D eigenvalue weighted by atomic mass is 9.96. The molecule has 154 valence electrons. The van der Waals surface area contributed by atoms with E-state index in [9.17, 15) is 14.0 Å². The second kappa shape index (κ2) is 9.07. The highest BCUT2D eigenvalue weighted by molar-refractivity contribution is 5.94. The van der Waals surface area contributed by atoms with Crippen molar-refractivity contribution < 1.29 is 14.0 Å². The fraction of sp³-hybridized carbons (Fsp3) is 0.391. The minimum absolute atomic E-state index is 0.0272. The summed E-state index contributed by atoms with van der Waals surface area (Å²) in [5, 5.41) is 3.02. The molecule has 29 heavy (non-hydrogen) atoms. The fourth-order valence-electron chi connectivity index (χ4n) is 3.61. The molecule has 6 heteroatoms. The minimum Gasteiger partial charge on any atom is -0.378 e. The van der Waals surface area contributed by atoms with Crippen molar-refractivity contribution in [2.24, 2.45) is 5.92 Å². The first-order chi connectivity index (χ1) is 13.8. The Bertz CT molecular complexity index is 880. The molecule has 0 aromatic heterocycles. The van der Waals surface area contributed by atoms with Crippen LogP contribution in [0, 0.1) is 18.7 Å². The van der Waals surface area contributed by atoms with Gasteiger partial charge in [-0.05, 0) is 61.2 Å². The standard InChI is InChI=1S/C23H28FN3O2/c1-16-13-20(26(2)3)10-11-21(16)25-23(29)18-5-4-12-27(15-18)22(28)14-17-6-8-19(24)9-7-17/h6-11,13,18H,4-5,12,14-15H2,1-3H3,(H,25,29). The maximum atomic E-state index is 13.0. The molecule has 5 nitrogen and oxygen atoms in total. The zero-order chi connectivity index (χ0) is 21.0. The number of hydrogen-bond acceptors (Lipinski definition) is 3. The normalized spacial score (nSPS) is 16.4. The Labute approximate surface area is 171 Å². The molecular formula is C23H28FN3O2. The largest absolute Gasteiger partial charge is 0.378 e. The Hall–Kier alpha value is -2.89. The molecule has 2 aromatic carbocycles. The number of nitrogens with zero attached hydrogens (tertiary/aromatic N) is 2. The number of rotatable bonds is 5. The van der Waals surface area contributed by atoms with Crippen molar-refractivity contribution >= 4 is 23.2 Å². The second-order valence-electron chi connectivity index (χ2n) is 7.87. The third-order valence-corrected chi connectivity index (χ3v) is 5.40. The van der Waals surface area contributed by atoms with E-state index in [1.807, 2.05) is 44.1 Å². The lowest BCUT2D eigenvalue weighted by molar-refractivity contribution is -0.133. The molecule has 2 aromatic rings. The van der Waals surface area contributed by atoms with Gasteiger partial charge in [-0.25, -0.2) is 4.39 Å². The van der Waals surface area contributed by atoms with Crippen molar-refractivity contribution in [2.75, 3.05) is 37.4 Å². The van der Waals surface area contributed by atoms with Crippen molar-refractivity contribution in [1.29, 1.82) is 0 Å². The van der Waals surface area contributed by atoms with Gasteiger partial charge in [-0.2, -0.15) is 0 Å². The molecule has 3 rings (SSSR count). The molecule has 1 aliphatic heterocycles. The van der Waals surface area contributed by atoms with Crippen LogP contribution in [-0.2, 0) is 16.0 Å². The van der Waals surface area contributed by atoms with E-state index in [1.165, 1.54) is 12.1 Å². The summed E-state index contributed by atoms with van der Waals surface area (Å²) >= 11 is 0. The van der Waals surface area contributed by atoms with Gasteiger partial charge in [-0.3, -0.25) is 9.59 Å². The summed E-state index contributed by atoms with van der Waals surface area (Å²) in [5.74, 6) is -0.621. The lowest BCUT2D eigenvalue weighted by Gasteiger charge is -2.32. The Kier molecular flexibility index (Phi) is 6.52. The molecule has 2 amide bonds. The molecule has 1 atom stereocenters. The first-order valence-corrected chi connectivity index (χ1v) is 9.94. The van der Waals surface area contributed by atoms with E-state index in [-0.39, 0.29) is 30.0 Å². The third-order valence-electron chi connectivity index (χ3n) is 5.40. The van der Waals surface area contributed by atoms with E-state index in [0.29, 0.717) is 13.1 Å². The van der Waals surface area contributed by atoms with Crippen molar-refractivity contribution in [3.63, 3.8) is 0 Å². The number of hydrogen-bond donors (Lipinski definition) is 1. The average molecular weight is 397 g/mol. The van der Waals surface area contributed by atoms with Gasteiger partial charge >= 0.3 is 0 Å². The van der Waals surface area contributed by atoms with Crippen LogP contribution in [-0.4, -0.2) is 43.9 Å². The van der Waals surface area contributed by atoms with E-state index < -0.39 is 0 Å². The number of aryl methyl sites for hydroxylation is 1. The number of carbonyl (C=O) groups excluding carboxylic acids is 2. The summed E-state index contributed by atoms with van der Waals surface area (Å²) in [7, 11) is 3.96. The number of halogens is 1. The monoisotopic (exact) mass is 397 g/mol. The Morgan fingerprint density at radius 2 is 1.90 bits per heavy atom. The van der Waals surface area contributed by atoms with Crippen LogP contribution in [0.3, 0.4) is 0 Å². The predicted octanol–water partition coefficient (Wildman–Crippen LogP) is 3.62. The first kappa shape index (κ1) is 20.8. The Balaban J connectivity index is 1.60. The second-order valence-corrected chi connectivity index (χ2v) is 7.87. The van der Waals surface area contributed by atoms with Crippen LogP contribution >= 0.6 is 0 Å². The number of anilines is 2. The Morgan fingerprint density at radius 3 is 2.55 bits per heavy atom. The lowest BCUT2D eigenvalue weighted by Crippen LogP contribution is -2.44. The van der Waals surface area contributed by atoms with Gasteiger partial charge in [-0.1, -0.05) is 12.1 Å². The molecule has 0 bridgehead atoms. The van der Waals surface area contributed by atoms with E-state index in [2.05, 4.69) is 5.32 Å². The predicted molar refractivity (Wildman–Crippen MR) is 114 cm³/mol.